The summed E-state index contributed by atoms with van der Waals surface area (Å²) < 4.78 is -0.00696. The first-order valence-corrected chi connectivity index (χ1v) is 7.15. The minimum atomic E-state index is -0.841. The SMILES string of the molecule is CSC(C)(C)CNC(=O)C1CCCC1C(=O)O. The summed E-state index contributed by atoms with van der Waals surface area (Å²) in [6.45, 7) is 4.69. The highest BCUT2D eigenvalue weighted by Gasteiger charge is 2.37. The Bertz CT molecular complexity index is 304. The van der Waals surface area contributed by atoms with E-state index in [0.717, 1.165) is 6.42 Å². The Balaban J connectivity index is 2.50. The molecule has 0 aliphatic heterocycles. The van der Waals surface area contributed by atoms with Crippen molar-refractivity contribution in [3.8, 4) is 0 Å². The molecule has 0 spiro atoms. The zero-order chi connectivity index (χ0) is 13.1. The molecule has 17 heavy (non-hydrogen) atoms. The molecule has 1 fully saturated rings. The molecule has 2 unspecified atom stereocenters. The van der Waals surface area contributed by atoms with Gasteiger partial charge in [0.1, 0.15) is 0 Å². The largest absolute Gasteiger partial charge is 0.481 e. The molecule has 5 heteroatoms. The normalized spacial score (nSPS) is 24.6. The Morgan fingerprint density at radius 1 is 1.35 bits per heavy atom. The highest BCUT2D eigenvalue weighted by molar-refractivity contribution is 7.99. The van der Waals surface area contributed by atoms with Crippen molar-refractivity contribution in [2.75, 3.05) is 12.8 Å². The lowest BCUT2D eigenvalue weighted by Crippen LogP contribution is -2.41. The molecular formula is C12H21NO3S. The van der Waals surface area contributed by atoms with Crippen molar-refractivity contribution >= 4 is 23.6 Å². The van der Waals surface area contributed by atoms with Crippen LogP contribution in [0.1, 0.15) is 33.1 Å². The molecule has 0 heterocycles. The quantitative estimate of drug-likeness (QED) is 0.789. The van der Waals surface area contributed by atoms with E-state index in [1.807, 2.05) is 6.26 Å². The summed E-state index contributed by atoms with van der Waals surface area (Å²) in [5.41, 5.74) is 0. The second-order valence-corrected chi connectivity index (χ2v) is 6.68. The summed E-state index contributed by atoms with van der Waals surface area (Å²) in [6, 6.07) is 0. The van der Waals surface area contributed by atoms with Crippen LogP contribution in [0.5, 0.6) is 0 Å². The van der Waals surface area contributed by atoms with Crippen LogP contribution in [-0.4, -0.2) is 34.5 Å². The third-order valence-corrected chi connectivity index (χ3v) is 4.66. The Morgan fingerprint density at radius 2 is 1.94 bits per heavy atom. The summed E-state index contributed by atoms with van der Waals surface area (Å²) in [5, 5.41) is 11.9. The number of carboxylic acid groups (broad SMARTS) is 1. The van der Waals surface area contributed by atoms with Gasteiger partial charge in [-0.2, -0.15) is 11.8 Å². The Morgan fingerprint density at radius 3 is 2.47 bits per heavy atom. The molecule has 98 valence electrons. The molecular weight excluding hydrogens is 238 g/mol. The highest BCUT2D eigenvalue weighted by atomic mass is 32.2. The average molecular weight is 259 g/mol. The van der Waals surface area contributed by atoms with Crippen LogP contribution in [0.25, 0.3) is 0 Å². The van der Waals surface area contributed by atoms with E-state index < -0.39 is 11.9 Å². The van der Waals surface area contributed by atoms with E-state index in [1.54, 1.807) is 11.8 Å². The van der Waals surface area contributed by atoms with Gasteiger partial charge in [-0.25, -0.2) is 0 Å². The first-order valence-electron chi connectivity index (χ1n) is 5.93. The fourth-order valence-electron chi connectivity index (χ4n) is 2.07. The van der Waals surface area contributed by atoms with E-state index in [4.69, 9.17) is 5.11 Å². The molecule has 1 aliphatic rings. The van der Waals surface area contributed by atoms with Crippen LogP contribution in [0, 0.1) is 11.8 Å². The zero-order valence-corrected chi connectivity index (χ0v) is 11.5. The first-order chi connectivity index (χ1) is 7.87. The molecule has 0 radical (unpaired) electrons. The smallest absolute Gasteiger partial charge is 0.307 e. The lowest BCUT2D eigenvalue weighted by molar-refractivity contribution is -0.146. The van der Waals surface area contributed by atoms with Gasteiger partial charge < -0.3 is 10.4 Å². The van der Waals surface area contributed by atoms with Crippen molar-refractivity contribution in [2.45, 2.75) is 37.9 Å². The van der Waals surface area contributed by atoms with Gasteiger partial charge in [0.05, 0.1) is 11.8 Å². The van der Waals surface area contributed by atoms with Gasteiger partial charge >= 0.3 is 5.97 Å². The number of nitrogens with one attached hydrogen (secondary N) is 1. The molecule has 0 saturated heterocycles. The van der Waals surface area contributed by atoms with Gasteiger partial charge in [-0.05, 0) is 32.9 Å². The van der Waals surface area contributed by atoms with Crippen molar-refractivity contribution in [1.82, 2.24) is 5.32 Å². The molecule has 2 N–H and O–H groups in total. The molecule has 1 aliphatic carbocycles. The van der Waals surface area contributed by atoms with Gasteiger partial charge in [-0.15, -0.1) is 0 Å². The maximum atomic E-state index is 11.9. The molecule has 0 aromatic heterocycles. The highest BCUT2D eigenvalue weighted by Crippen LogP contribution is 2.32. The van der Waals surface area contributed by atoms with Gasteiger partial charge in [0.2, 0.25) is 5.91 Å². The second kappa shape index (κ2) is 5.76. The van der Waals surface area contributed by atoms with Crippen molar-refractivity contribution in [2.24, 2.45) is 11.8 Å². The summed E-state index contributed by atoms with van der Waals surface area (Å²) >= 11 is 1.69. The molecule has 0 aromatic carbocycles. The number of carbonyl (C=O) groups excluding carboxylic acids is 1. The number of hydrogen-bond donors (Lipinski definition) is 2. The van der Waals surface area contributed by atoms with Crippen LogP contribution in [-0.2, 0) is 9.59 Å². The zero-order valence-electron chi connectivity index (χ0n) is 10.7. The van der Waals surface area contributed by atoms with Gasteiger partial charge in [-0.1, -0.05) is 6.42 Å². The number of thioether (sulfide) groups is 1. The Hall–Kier alpha value is -0.710. The standard InChI is InChI=1S/C12H21NO3S/c1-12(2,17-3)7-13-10(14)8-5-4-6-9(8)11(15)16/h8-9H,4-7H2,1-3H3,(H,13,14)(H,15,16). The van der Waals surface area contributed by atoms with Crippen molar-refractivity contribution in [1.29, 1.82) is 0 Å². The number of hydrogen-bond acceptors (Lipinski definition) is 3. The number of rotatable bonds is 5. The first kappa shape index (κ1) is 14.4. The van der Waals surface area contributed by atoms with Crippen LogP contribution in [0.4, 0.5) is 0 Å². The van der Waals surface area contributed by atoms with E-state index in [1.165, 1.54) is 0 Å². The second-order valence-electron chi connectivity index (χ2n) is 5.16. The average Bonchev–Trinajstić information content (AvgIpc) is 2.75. The van der Waals surface area contributed by atoms with Crippen LogP contribution in [0.15, 0.2) is 0 Å². The molecule has 1 rings (SSSR count). The van der Waals surface area contributed by atoms with Crippen molar-refractivity contribution < 1.29 is 14.7 Å². The van der Waals surface area contributed by atoms with Gasteiger partial charge in [0.15, 0.2) is 0 Å². The monoisotopic (exact) mass is 259 g/mol. The number of carboxylic acids is 1. The molecule has 4 nitrogen and oxygen atoms in total. The third-order valence-electron chi connectivity index (χ3n) is 3.41. The maximum absolute atomic E-state index is 11.9. The van der Waals surface area contributed by atoms with E-state index >= 15 is 0 Å². The third kappa shape index (κ3) is 3.91. The molecule has 2 atom stereocenters. The van der Waals surface area contributed by atoms with Crippen LogP contribution < -0.4 is 5.32 Å². The molecule has 0 bridgehead atoms. The summed E-state index contributed by atoms with van der Waals surface area (Å²) in [4.78, 5) is 22.9. The van der Waals surface area contributed by atoms with Gasteiger partial charge in [0, 0.05) is 11.3 Å². The fourth-order valence-corrected chi connectivity index (χ4v) is 2.29. The minimum Gasteiger partial charge on any atom is -0.481 e. The molecule has 1 saturated carbocycles. The van der Waals surface area contributed by atoms with Crippen molar-refractivity contribution in [3.05, 3.63) is 0 Å². The van der Waals surface area contributed by atoms with Gasteiger partial charge in [0.25, 0.3) is 0 Å². The number of amides is 1. The lowest BCUT2D eigenvalue weighted by atomic mass is 9.95. The lowest BCUT2D eigenvalue weighted by Gasteiger charge is -2.24. The summed E-state index contributed by atoms with van der Waals surface area (Å²) in [5.74, 6) is -1.78. The van der Waals surface area contributed by atoms with Gasteiger partial charge in [-0.3, -0.25) is 9.59 Å². The fraction of sp³-hybridized carbons (Fsp3) is 0.833. The Kier molecular flexibility index (Phi) is 4.86. The number of carbonyl (C=O) groups is 2. The van der Waals surface area contributed by atoms with Crippen LogP contribution in [0.2, 0.25) is 0 Å². The van der Waals surface area contributed by atoms with Crippen LogP contribution >= 0.6 is 11.8 Å². The number of aliphatic carboxylic acids is 1. The van der Waals surface area contributed by atoms with E-state index in [-0.39, 0.29) is 16.6 Å². The molecule has 1 amide bonds. The van der Waals surface area contributed by atoms with Crippen LogP contribution in [0.3, 0.4) is 0 Å². The molecule has 0 aromatic rings. The summed E-state index contributed by atoms with van der Waals surface area (Å²) in [6.07, 6.45) is 4.16. The summed E-state index contributed by atoms with van der Waals surface area (Å²) in [7, 11) is 0. The van der Waals surface area contributed by atoms with E-state index in [2.05, 4.69) is 19.2 Å². The van der Waals surface area contributed by atoms with Crippen molar-refractivity contribution in [3.63, 3.8) is 0 Å². The topological polar surface area (TPSA) is 66.4 Å². The Labute approximate surface area is 107 Å². The maximum Gasteiger partial charge on any atom is 0.307 e. The minimum absolute atomic E-state index is 0.00696. The van der Waals surface area contributed by atoms with E-state index in [9.17, 15) is 9.59 Å². The van der Waals surface area contributed by atoms with E-state index in [0.29, 0.717) is 19.4 Å². The predicted molar refractivity (Wildman–Crippen MR) is 69.1 cm³/mol. The predicted octanol–water partition coefficient (Wildman–Crippen LogP) is 1.75.